The number of nitrogen functional groups attached to an aromatic ring is 1. The van der Waals surface area contributed by atoms with Crippen molar-refractivity contribution in [2.75, 3.05) is 12.0 Å². The third-order valence-electron chi connectivity index (χ3n) is 3.17. The van der Waals surface area contributed by atoms with Crippen LogP contribution >= 0.6 is 0 Å². The van der Waals surface area contributed by atoms with Crippen molar-refractivity contribution >= 4 is 11.6 Å². The Hall–Kier alpha value is -1.69. The van der Waals surface area contributed by atoms with Gasteiger partial charge in [-0.05, 0) is 24.0 Å². The van der Waals surface area contributed by atoms with Crippen LogP contribution in [0.15, 0.2) is 12.1 Å². The van der Waals surface area contributed by atoms with Crippen LogP contribution < -0.4 is 16.6 Å². The molecule has 19 heavy (non-hydrogen) atoms. The first-order chi connectivity index (χ1) is 8.86. The maximum atomic E-state index is 13.4. The van der Waals surface area contributed by atoms with Crippen LogP contribution in [-0.2, 0) is 0 Å². The molecule has 4 nitrogen and oxygen atoms in total. The Balaban J connectivity index is 2.78. The summed E-state index contributed by atoms with van der Waals surface area (Å²) in [6.07, 6.45) is 0. The van der Waals surface area contributed by atoms with Gasteiger partial charge in [0.05, 0.1) is 0 Å². The zero-order chi connectivity index (χ0) is 14.6. The van der Waals surface area contributed by atoms with E-state index in [4.69, 9.17) is 5.84 Å². The number of hydrazine groups is 1. The van der Waals surface area contributed by atoms with Crippen LogP contribution in [-0.4, -0.2) is 12.5 Å². The number of anilines is 1. The van der Waals surface area contributed by atoms with Gasteiger partial charge in [0.1, 0.15) is 5.69 Å². The average Bonchev–Trinajstić information content (AvgIpc) is 2.34. The normalized spacial score (nSPS) is 12.4. The van der Waals surface area contributed by atoms with Crippen LogP contribution in [0.4, 0.5) is 14.5 Å². The van der Waals surface area contributed by atoms with Crippen molar-refractivity contribution in [2.45, 2.75) is 20.8 Å². The van der Waals surface area contributed by atoms with Gasteiger partial charge in [-0.25, -0.2) is 8.78 Å². The predicted octanol–water partition coefficient (Wildman–Crippen LogP) is 2.27. The standard InChI is InChI=1S/C13H19F2N3O/c1-7(2)8(3)6-17-13(19)9-4-10(14)12(18-16)11(15)5-9/h4-5,7-8,18H,6,16H2,1-3H3,(H,17,19). The maximum absolute atomic E-state index is 13.4. The van der Waals surface area contributed by atoms with Crippen molar-refractivity contribution in [3.8, 4) is 0 Å². The number of hydrogen-bond donors (Lipinski definition) is 3. The summed E-state index contributed by atoms with van der Waals surface area (Å²) in [6, 6.07) is 1.90. The number of nitrogens with two attached hydrogens (primary N) is 1. The second-order valence-electron chi connectivity index (χ2n) is 4.89. The highest BCUT2D eigenvalue weighted by Crippen LogP contribution is 2.19. The van der Waals surface area contributed by atoms with Crippen molar-refractivity contribution in [3.63, 3.8) is 0 Å². The van der Waals surface area contributed by atoms with Crippen LogP contribution in [0.2, 0.25) is 0 Å². The Kier molecular flexibility index (Phi) is 5.23. The molecule has 1 rings (SSSR count). The molecule has 0 aromatic heterocycles. The summed E-state index contributed by atoms with van der Waals surface area (Å²) in [5, 5.41) is 2.65. The third kappa shape index (κ3) is 3.89. The van der Waals surface area contributed by atoms with Gasteiger partial charge in [0, 0.05) is 12.1 Å². The Morgan fingerprint density at radius 1 is 1.26 bits per heavy atom. The molecule has 0 aliphatic carbocycles. The number of amides is 1. The van der Waals surface area contributed by atoms with E-state index in [0.717, 1.165) is 12.1 Å². The minimum absolute atomic E-state index is 0.0649. The van der Waals surface area contributed by atoms with E-state index < -0.39 is 23.2 Å². The lowest BCUT2D eigenvalue weighted by atomic mass is 9.98. The van der Waals surface area contributed by atoms with Crippen LogP contribution in [0, 0.1) is 23.5 Å². The molecule has 0 saturated carbocycles. The van der Waals surface area contributed by atoms with Gasteiger partial charge in [-0.1, -0.05) is 20.8 Å². The van der Waals surface area contributed by atoms with E-state index in [1.54, 1.807) is 0 Å². The van der Waals surface area contributed by atoms with E-state index in [-0.39, 0.29) is 11.5 Å². The van der Waals surface area contributed by atoms with E-state index >= 15 is 0 Å². The summed E-state index contributed by atoms with van der Waals surface area (Å²) in [6.45, 7) is 6.53. The van der Waals surface area contributed by atoms with E-state index in [1.807, 2.05) is 26.2 Å². The fourth-order valence-corrected chi connectivity index (χ4v) is 1.43. The summed E-state index contributed by atoms with van der Waals surface area (Å²) in [5.74, 6) is 3.37. The number of rotatable bonds is 5. The lowest BCUT2D eigenvalue weighted by molar-refractivity contribution is 0.0944. The van der Waals surface area contributed by atoms with Crippen molar-refractivity contribution in [1.29, 1.82) is 0 Å². The molecule has 0 bridgehead atoms. The van der Waals surface area contributed by atoms with Gasteiger partial charge < -0.3 is 10.7 Å². The number of benzene rings is 1. The highest BCUT2D eigenvalue weighted by molar-refractivity contribution is 5.94. The van der Waals surface area contributed by atoms with Crippen LogP contribution in [0.5, 0.6) is 0 Å². The van der Waals surface area contributed by atoms with Gasteiger partial charge in [0.25, 0.3) is 5.91 Å². The molecule has 0 saturated heterocycles. The van der Waals surface area contributed by atoms with Gasteiger partial charge in [0.2, 0.25) is 0 Å². The highest BCUT2D eigenvalue weighted by Gasteiger charge is 2.15. The Morgan fingerprint density at radius 3 is 2.21 bits per heavy atom. The number of nitrogens with one attached hydrogen (secondary N) is 2. The molecule has 1 amide bonds. The molecule has 0 spiro atoms. The highest BCUT2D eigenvalue weighted by atomic mass is 19.1. The van der Waals surface area contributed by atoms with Crippen LogP contribution in [0.3, 0.4) is 0 Å². The molecule has 106 valence electrons. The molecule has 1 aromatic rings. The molecular weight excluding hydrogens is 252 g/mol. The van der Waals surface area contributed by atoms with Crippen molar-refractivity contribution < 1.29 is 13.6 Å². The molecular formula is C13H19F2N3O. The first-order valence-electron chi connectivity index (χ1n) is 6.10. The third-order valence-corrected chi connectivity index (χ3v) is 3.17. The van der Waals surface area contributed by atoms with Gasteiger partial charge >= 0.3 is 0 Å². The Bertz CT molecular complexity index is 440. The molecule has 0 heterocycles. The smallest absolute Gasteiger partial charge is 0.251 e. The maximum Gasteiger partial charge on any atom is 0.251 e. The summed E-state index contributed by atoms with van der Waals surface area (Å²) >= 11 is 0. The number of hydrogen-bond acceptors (Lipinski definition) is 3. The SMILES string of the molecule is CC(C)C(C)CNC(=O)c1cc(F)c(NN)c(F)c1. The average molecular weight is 271 g/mol. The molecule has 0 fully saturated rings. The van der Waals surface area contributed by atoms with E-state index in [1.165, 1.54) is 0 Å². The molecule has 0 aliphatic rings. The second-order valence-corrected chi connectivity index (χ2v) is 4.89. The monoisotopic (exact) mass is 271 g/mol. The summed E-state index contributed by atoms with van der Waals surface area (Å²) in [4.78, 5) is 11.8. The van der Waals surface area contributed by atoms with Crippen LogP contribution in [0.25, 0.3) is 0 Å². The minimum Gasteiger partial charge on any atom is -0.352 e. The summed E-state index contributed by atoms with van der Waals surface area (Å²) in [7, 11) is 0. The minimum atomic E-state index is -0.899. The Labute approximate surface area is 111 Å². The molecule has 4 N–H and O–H groups in total. The zero-order valence-electron chi connectivity index (χ0n) is 11.3. The lowest BCUT2D eigenvalue weighted by Crippen LogP contribution is -2.30. The number of halogens is 2. The quantitative estimate of drug-likeness (QED) is 0.568. The van der Waals surface area contributed by atoms with Crippen molar-refractivity contribution in [3.05, 3.63) is 29.3 Å². The molecule has 0 radical (unpaired) electrons. The van der Waals surface area contributed by atoms with Gasteiger partial charge in [-0.3, -0.25) is 10.6 Å². The molecule has 1 unspecified atom stereocenters. The zero-order valence-corrected chi connectivity index (χ0v) is 11.3. The topological polar surface area (TPSA) is 67.2 Å². The van der Waals surface area contributed by atoms with Crippen molar-refractivity contribution in [2.24, 2.45) is 17.7 Å². The van der Waals surface area contributed by atoms with Crippen LogP contribution in [0.1, 0.15) is 31.1 Å². The predicted molar refractivity (Wildman–Crippen MR) is 70.5 cm³/mol. The summed E-state index contributed by atoms with van der Waals surface area (Å²) < 4.78 is 26.9. The molecule has 0 aliphatic heterocycles. The fourth-order valence-electron chi connectivity index (χ4n) is 1.43. The van der Waals surface area contributed by atoms with E-state index in [2.05, 4.69) is 5.32 Å². The first kappa shape index (κ1) is 15.4. The number of carbonyl (C=O) groups is 1. The molecule has 1 atom stereocenters. The fraction of sp³-hybridized carbons (Fsp3) is 0.462. The van der Waals surface area contributed by atoms with E-state index in [0.29, 0.717) is 12.5 Å². The second kappa shape index (κ2) is 6.47. The number of carbonyl (C=O) groups excluding carboxylic acids is 1. The van der Waals surface area contributed by atoms with Gasteiger partial charge in [-0.15, -0.1) is 0 Å². The van der Waals surface area contributed by atoms with Crippen molar-refractivity contribution in [1.82, 2.24) is 5.32 Å². The van der Waals surface area contributed by atoms with Gasteiger partial charge in [0.15, 0.2) is 11.6 Å². The lowest BCUT2D eigenvalue weighted by Gasteiger charge is -2.16. The summed E-state index contributed by atoms with van der Waals surface area (Å²) in [5.41, 5.74) is 1.40. The largest absolute Gasteiger partial charge is 0.352 e. The Morgan fingerprint density at radius 2 is 1.79 bits per heavy atom. The van der Waals surface area contributed by atoms with Gasteiger partial charge in [-0.2, -0.15) is 0 Å². The first-order valence-corrected chi connectivity index (χ1v) is 6.10. The van der Waals surface area contributed by atoms with E-state index in [9.17, 15) is 13.6 Å². The molecule has 1 aromatic carbocycles. The molecule has 6 heteroatoms.